The number of hydrogen-bond acceptors (Lipinski definition) is 2. The molecule has 0 spiro atoms. The molecule has 4 heteroatoms. The van der Waals surface area contributed by atoms with Gasteiger partial charge in [-0.1, -0.05) is 43.7 Å². The van der Waals surface area contributed by atoms with E-state index in [4.69, 9.17) is 4.98 Å². The van der Waals surface area contributed by atoms with Gasteiger partial charge in [-0.15, -0.1) is 0 Å². The van der Waals surface area contributed by atoms with Crippen LogP contribution in [0.3, 0.4) is 0 Å². The van der Waals surface area contributed by atoms with E-state index in [1.165, 1.54) is 5.57 Å². The van der Waals surface area contributed by atoms with Gasteiger partial charge >= 0.3 is 0 Å². The van der Waals surface area contributed by atoms with Crippen LogP contribution in [-0.2, 0) is 6.42 Å². The Hall–Kier alpha value is -1.81. The summed E-state index contributed by atoms with van der Waals surface area (Å²) in [5.41, 5.74) is 5.57. The number of aromatic amines is 1. The number of halogens is 1. The Bertz CT molecular complexity index is 743. The van der Waals surface area contributed by atoms with Gasteiger partial charge in [-0.3, -0.25) is 0 Å². The second kappa shape index (κ2) is 6.53. The van der Waals surface area contributed by atoms with E-state index < -0.39 is 0 Å². The summed E-state index contributed by atoms with van der Waals surface area (Å²) < 4.78 is 13.1. The van der Waals surface area contributed by atoms with Gasteiger partial charge in [0, 0.05) is 17.0 Å². The maximum absolute atomic E-state index is 13.1. The number of hydrogen-bond donors (Lipinski definition) is 1. The van der Waals surface area contributed by atoms with Crippen molar-refractivity contribution in [2.45, 2.75) is 38.0 Å². The lowest BCUT2D eigenvalue weighted by molar-refractivity contribution is 0.881. The fourth-order valence-corrected chi connectivity index (χ4v) is 3.21. The fourth-order valence-electron chi connectivity index (χ4n) is 2.80. The molecule has 1 aliphatic carbocycles. The highest BCUT2D eigenvalue weighted by Crippen LogP contribution is 2.37. The number of rotatable bonds is 5. The first-order chi connectivity index (χ1) is 10.7. The molecule has 1 heterocycles. The van der Waals surface area contributed by atoms with Gasteiger partial charge in [0.05, 0.1) is 17.8 Å². The predicted octanol–water partition coefficient (Wildman–Crippen LogP) is 5.52. The summed E-state index contributed by atoms with van der Waals surface area (Å²) in [5, 5.41) is 0. The summed E-state index contributed by atoms with van der Waals surface area (Å²) in [5.74, 6) is 0.942. The maximum Gasteiger partial charge on any atom is 0.134 e. The van der Waals surface area contributed by atoms with E-state index in [1.54, 1.807) is 0 Å². The van der Waals surface area contributed by atoms with Crippen molar-refractivity contribution in [3.63, 3.8) is 0 Å². The Morgan fingerprint density at radius 2 is 2.00 bits per heavy atom. The lowest BCUT2D eigenvalue weighted by Gasteiger charge is -2.07. The quantitative estimate of drug-likeness (QED) is 0.787. The number of nitrogens with one attached hydrogen (secondary N) is 1. The summed E-state index contributed by atoms with van der Waals surface area (Å²) in [6.45, 7) is 4.23. The first-order valence-corrected chi connectivity index (χ1v) is 8.28. The van der Waals surface area contributed by atoms with Gasteiger partial charge < -0.3 is 4.98 Å². The highest BCUT2D eigenvalue weighted by molar-refractivity contribution is 7.94. The van der Waals surface area contributed by atoms with Gasteiger partial charge in [0.15, 0.2) is 0 Å². The Kier molecular flexibility index (Phi) is 4.48. The van der Waals surface area contributed by atoms with Crippen molar-refractivity contribution in [2.24, 2.45) is 0 Å². The normalized spacial score (nSPS) is 14.1. The first-order valence-electron chi connectivity index (χ1n) is 7.56. The van der Waals surface area contributed by atoms with Crippen LogP contribution in [0.25, 0.3) is 11.1 Å². The molecule has 0 bridgehead atoms. The monoisotopic (exact) mass is 314 g/mol. The summed E-state index contributed by atoms with van der Waals surface area (Å²) >= 11 is 0.305. The van der Waals surface area contributed by atoms with Crippen LogP contribution in [0, 0.1) is 6.92 Å². The van der Waals surface area contributed by atoms with Crippen LogP contribution in [0.5, 0.6) is 0 Å². The number of imidazole rings is 1. The molecule has 2 nitrogen and oxygen atoms in total. The third-order valence-corrected chi connectivity index (χ3v) is 4.48. The van der Waals surface area contributed by atoms with Crippen LogP contribution < -0.4 is 0 Å². The second-order valence-corrected chi connectivity index (χ2v) is 6.14. The van der Waals surface area contributed by atoms with E-state index in [0.29, 0.717) is 17.0 Å². The standard InChI is InChI=1S/C18H19FN2S/c1-3-6-16-12(2)20-18(21-16)14-10-9-13(11-14)15-7-4-5-8-17(15)22-19/h4-5,7-10H,3,6,11H2,1-2H3,(H,20,21). The van der Waals surface area contributed by atoms with Crippen LogP contribution in [0.1, 0.15) is 42.5 Å². The minimum Gasteiger partial charge on any atom is -0.342 e. The van der Waals surface area contributed by atoms with Crippen LogP contribution >= 0.6 is 12.1 Å². The zero-order valence-electron chi connectivity index (χ0n) is 12.8. The highest BCUT2D eigenvalue weighted by Gasteiger charge is 2.18. The molecule has 0 unspecified atom stereocenters. The fraction of sp³-hybridized carbons (Fsp3) is 0.278. The Labute approximate surface area is 134 Å². The Balaban J connectivity index is 1.80. The van der Waals surface area contributed by atoms with Gasteiger partial charge in [0.1, 0.15) is 5.82 Å². The van der Waals surface area contributed by atoms with Gasteiger partial charge in [-0.05, 0) is 36.1 Å². The minimum absolute atomic E-state index is 0.305. The number of allylic oxidation sites excluding steroid dienone is 4. The molecule has 1 N–H and O–H groups in total. The third-order valence-electron chi connectivity index (χ3n) is 3.96. The third kappa shape index (κ3) is 2.88. The number of nitrogens with zero attached hydrogens (tertiary/aromatic N) is 1. The van der Waals surface area contributed by atoms with Gasteiger partial charge in [-0.2, -0.15) is 3.89 Å². The number of aryl methyl sites for hydroxylation is 2. The lowest BCUT2D eigenvalue weighted by Crippen LogP contribution is -1.89. The molecule has 0 saturated heterocycles. The molecule has 0 fully saturated rings. The zero-order valence-corrected chi connectivity index (χ0v) is 13.6. The number of aromatic nitrogens is 2. The van der Waals surface area contributed by atoms with Crippen LogP contribution in [0.2, 0.25) is 0 Å². The van der Waals surface area contributed by atoms with E-state index in [-0.39, 0.29) is 0 Å². The molecule has 0 radical (unpaired) electrons. The molecule has 1 aromatic carbocycles. The SMILES string of the molecule is CCCc1nc(C2=CC=C(c3ccccc3SF)C2)[nH]c1C. The Morgan fingerprint density at radius 3 is 2.77 bits per heavy atom. The topological polar surface area (TPSA) is 28.7 Å². The predicted molar refractivity (Wildman–Crippen MR) is 91.3 cm³/mol. The zero-order chi connectivity index (χ0) is 15.5. The van der Waals surface area contributed by atoms with Crippen molar-refractivity contribution >= 4 is 23.3 Å². The molecule has 1 aromatic heterocycles. The Morgan fingerprint density at radius 1 is 1.23 bits per heavy atom. The van der Waals surface area contributed by atoms with Crippen molar-refractivity contribution in [1.82, 2.24) is 9.97 Å². The lowest BCUT2D eigenvalue weighted by atomic mass is 10.0. The average molecular weight is 314 g/mol. The van der Waals surface area contributed by atoms with Gasteiger partial charge in [0.2, 0.25) is 0 Å². The van der Waals surface area contributed by atoms with Crippen LogP contribution in [0.15, 0.2) is 41.3 Å². The summed E-state index contributed by atoms with van der Waals surface area (Å²) in [6, 6.07) is 7.60. The van der Waals surface area contributed by atoms with Crippen LogP contribution in [-0.4, -0.2) is 9.97 Å². The van der Waals surface area contributed by atoms with Crippen molar-refractivity contribution in [3.05, 3.63) is 59.2 Å². The second-order valence-electron chi connectivity index (χ2n) is 5.54. The molecule has 114 valence electrons. The van der Waals surface area contributed by atoms with E-state index in [9.17, 15) is 3.89 Å². The number of H-pyrrole nitrogens is 1. The molecule has 1 aliphatic rings. The average Bonchev–Trinajstić information content (AvgIpc) is 3.15. The summed E-state index contributed by atoms with van der Waals surface area (Å²) in [6.07, 6.45) is 7.03. The molecular formula is C18H19FN2S. The number of benzene rings is 1. The summed E-state index contributed by atoms with van der Waals surface area (Å²) in [4.78, 5) is 8.77. The van der Waals surface area contributed by atoms with E-state index >= 15 is 0 Å². The van der Waals surface area contributed by atoms with Crippen LogP contribution in [0.4, 0.5) is 3.89 Å². The molecular weight excluding hydrogens is 295 g/mol. The van der Waals surface area contributed by atoms with E-state index in [0.717, 1.165) is 47.6 Å². The van der Waals surface area contributed by atoms with Gasteiger partial charge in [-0.25, -0.2) is 4.98 Å². The van der Waals surface area contributed by atoms with Gasteiger partial charge in [0.25, 0.3) is 0 Å². The molecule has 0 atom stereocenters. The van der Waals surface area contributed by atoms with E-state index in [2.05, 4.69) is 31.0 Å². The minimum atomic E-state index is 0.305. The van der Waals surface area contributed by atoms with Crippen molar-refractivity contribution in [2.75, 3.05) is 0 Å². The van der Waals surface area contributed by atoms with Crippen molar-refractivity contribution in [1.29, 1.82) is 0 Å². The maximum atomic E-state index is 13.1. The molecule has 0 aliphatic heterocycles. The molecule has 0 saturated carbocycles. The molecule has 3 rings (SSSR count). The van der Waals surface area contributed by atoms with Crippen molar-refractivity contribution < 1.29 is 3.89 Å². The van der Waals surface area contributed by atoms with E-state index in [1.807, 2.05) is 24.3 Å². The molecule has 22 heavy (non-hydrogen) atoms. The first kappa shape index (κ1) is 15.1. The highest BCUT2D eigenvalue weighted by atomic mass is 32.2. The largest absolute Gasteiger partial charge is 0.342 e. The van der Waals surface area contributed by atoms with Crippen molar-refractivity contribution in [3.8, 4) is 0 Å². The summed E-state index contributed by atoms with van der Waals surface area (Å²) in [7, 11) is 0. The molecule has 2 aromatic rings. The smallest absolute Gasteiger partial charge is 0.134 e. The molecule has 0 amide bonds.